The number of likely N-dealkylation sites (tertiary alicyclic amines) is 1. The SMILES string of the molecule is O=C([O-])C(F)(F)F.[C-]#[N+][C@H]1C[C@@H]([N+]2(C)CCC2)CC[C@@H]1n1cc(C(N)=O)c(Nc2ccc(C(F)(F)F)cc2)n1. The first-order valence-corrected chi connectivity index (χ1v) is 11.9. The number of aromatic nitrogens is 2. The summed E-state index contributed by atoms with van der Waals surface area (Å²) in [6.07, 6.45) is -4.34. The van der Waals surface area contributed by atoms with Crippen molar-refractivity contribution >= 4 is 23.4 Å². The normalized spacial score (nSPS) is 22.5. The van der Waals surface area contributed by atoms with E-state index in [-0.39, 0.29) is 23.5 Å². The largest absolute Gasteiger partial charge is 0.542 e. The highest BCUT2D eigenvalue weighted by Crippen LogP contribution is 2.39. The summed E-state index contributed by atoms with van der Waals surface area (Å²) in [4.78, 5) is 24.6. The average Bonchev–Trinajstić information content (AvgIpc) is 3.25. The third-order valence-electron chi connectivity index (χ3n) is 7.18. The van der Waals surface area contributed by atoms with Crippen LogP contribution in [0.4, 0.5) is 37.8 Å². The predicted octanol–water partition coefficient (Wildman–Crippen LogP) is 3.27. The molecule has 1 aliphatic heterocycles. The highest BCUT2D eigenvalue weighted by atomic mass is 19.4. The van der Waals surface area contributed by atoms with Crippen LogP contribution in [-0.2, 0) is 11.0 Å². The summed E-state index contributed by atoms with van der Waals surface area (Å²) in [5.41, 5.74) is 5.25. The molecule has 9 nitrogen and oxygen atoms in total. The third kappa shape index (κ3) is 6.99. The molecule has 3 atom stereocenters. The van der Waals surface area contributed by atoms with Gasteiger partial charge in [0.1, 0.15) is 17.6 Å². The van der Waals surface area contributed by atoms with Gasteiger partial charge in [-0.25, -0.2) is 6.57 Å². The zero-order chi connectivity index (χ0) is 29.2. The Balaban J connectivity index is 0.000000532. The van der Waals surface area contributed by atoms with Crippen LogP contribution in [0.15, 0.2) is 30.5 Å². The molecule has 2 aromatic rings. The molecular weight excluding hydrogens is 534 g/mol. The van der Waals surface area contributed by atoms with Crippen LogP contribution in [0.3, 0.4) is 0 Å². The zero-order valence-electron chi connectivity index (χ0n) is 20.7. The molecule has 1 aromatic carbocycles. The van der Waals surface area contributed by atoms with Crippen LogP contribution in [0.2, 0.25) is 0 Å². The molecule has 2 fully saturated rings. The predicted molar refractivity (Wildman–Crippen MR) is 124 cm³/mol. The minimum Gasteiger partial charge on any atom is -0.542 e. The number of anilines is 2. The van der Waals surface area contributed by atoms with E-state index in [0.29, 0.717) is 11.7 Å². The third-order valence-corrected chi connectivity index (χ3v) is 7.18. The van der Waals surface area contributed by atoms with Gasteiger partial charge in [0, 0.05) is 24.7 Å². The van der Waals surface area contributed by atoms with Crippen molar-refractivity contribution in [2.24, 2.45) is 5.73 Å². The number of carboxylic acid groups (broad SMARTS) is 1. The van der Waals surface area contributed by atoms with Crippen LogP contribution in [-0.4, -0.2) is 64.5 Å². The van der Waals surface area contributed by atoms with E-state index in [2.05, 4.69) is 22.3 Å². The fourth-order valence-corrected chi connectivity index (χ4v) is 4.86. The highest BCUT2D eigenvalue weighted by Gasteiger charge is 2.47. The van der Waals surface area contributed by atoms with Crippen LogP contribution in [0.25, 0.3) is 4.85 Å². The maximum atomic E-state index is 12.8. The average molecular weight is 560 g/mol. The number of primary amides is 1. The van der Waals surface area contributed by atoms with E-state index in [1.807, 2.05) is 0 Å². The number of nitrogens with two attached hydrogens (primary N) is 1. The number of carboxylic acids is 1. The molecule has 1 saturated carbocycles. The van der Waals surface area contributed by atoms with Gasteiger partial charge in [-0.2, -0.15) is 31.4 Å². The van der Waals surface area contributed by atoms with Gasteiger partial charge in [0.25, 0.3) is 11.9 Å². The monoisotopic (exact) mass is 560 g/mol. The van der Waals surface area contributed by atoms with Crippen LogP contribution < -0.4 is 16.2 Å². The van der Waals surface area contributed by atoms with Crippen molar-refractivity contribution in [2.75, 3.05) is 25.5 Å². The molecule has 39 heavy (non-hydrogen) atoms. The quantitative estimate of drug-likeness (QED) is 0.331. The number of benzene rings is 1. The van der Waals surface area contributed by atoms with E-state index in [9.17, 15) is 31.1 Å². The molecule has 1 amide bonds. The van der Waals surface area contributed by atoms with E-state index in [4.69, 9.17) is 22.2 Å². The second-order valence-electron chi connectivity index (χ2n) is 9.73. The number of hydrogen-bond donors (Lipinski definition) is 2. The second kappa shape index (κ2) is 11.1. The number of alkyl halides is 6. The van der Waals surface area contributed by atoms with Gasteiger partial charge in [-0.15, -0.1) is 0 Å². The Hall–Kier alpha value is -3.80. The number of amides is 1. The molecule has 0 bridgehead atoms. The van der Waals surface area contributed by atoms with Crippen molar-refractivity contribution in [3.63, 3.8) is 0 Å². The summed E-state index contributed by atoms with van der Waals surface area (Å²) >= 11 is 0. The molecule has 3 N–H and O–H groups in total. The number of carbonyl (C=O) groups excluding carboxylic acids is 2. The number of aliphatic carboxylic acids is 1. The Kier molecular flexibility index (Phi) is 8.49. The maximum absolute atomic E-state index is 12.8. The minimum atomic E-state index is -5.19. The molecule has 0 radical (unpaired) electrons. The first kappa shape index (κ1) is 29.8. The Morgan fingerprint density at radius 2 is 1.74 bits per heavy atom. The summed E-state index contributed by atoms with van der Waals surface area (Å²) in [6.45, 7) is 10.0. The Bertz CT molecular complexity index is 1230. The Morgan fingerprint density at radius 1 is 1.15 bits per heavy atom. The lowest BCUT2D eigenvalue weighted by atomic mass is 9.83. The Labute approximate surface area is 219 Å². The standard InChI is InChI=1S/C22H25F3N6O.C2HF3O2/c1-27-18-12-16(31(2)10-3-11-31)8-9-19(18)30-13-17(20(26)32)21(29-30)28-15-6-4-14(5-7-15)22(23,24)25;3-2(4,5)1(6)7/h4-7,13,16,18-19H,3,8-12H2,2H3,(H2-,26,28,29,32);(H,6,7)/t16-,18-,19-;/m0./s1. The van der Waals surface area contributed by atoms with Gasteiger partial charge in [-0.1, -0.05) is 0 Å². The van der Waals surface area contributed by atoms with Gasteiger partial charge in [0.05, 0.1) is 38.2 Å². The summed E-state index contributed by atoms with van der Waals surface area (Å²) in [5, 5.41) is 16.2. The minimum absolute atomic E-state index is 0.137. The lowest BCUT2D eigenvalue weighted by Crippen LogP contribution is -2.62. The summed E-state index contributed by atoms with van der Waals surface area (Å²) in [7, 11) is 2.25. The van der Waals surface area contributed by atoms with Crippen molar-refractivity contribution in [3.05, 3.63) is 53.0 Å². The van der Waals surface area contributed by atoms with Crippen LogP contribution in [0, 0.1) is 6.57 Å². The lowest BCUT2D eigenvalue weighted by Gasteiger charge is -2.50. The molecule has 212 valence electrons. The molecule has 2 heterocycles. The Morgan fingerprint density at radius 3 is 2.18 bits per heavy atom. The van der Waals surface area contributed by atoms with E-state index >= 15 is 0 Å². The second-order valence-corrected chi connectivity index (χ2v) is 9.73. The molecule has 1 aliphatic carbocycles. The van der Waals surface area contributed by atoms with Crippen LogP contribution >= 0.6 is 0 Å². The molecule has 2 aliphatic rings. The first-order chi connectivity index (χ1) is 18.0. The topological polar surface area (TPSA) is 117 Å². The van der Waals surface area contributed by atoms with E-state index < -0.39 is 29.8 Å². The van der Waals surface area contributed by atoms with Crippen molar-refractivity contribution < 1.29 is 45.5 Å². The van der Waals surface area contributed by atoms with E-state index in [1.165, 1.54) is 24.8 Å². The fraction of sp³-hybridized carbons (Fsp3) is 0.500. The van der Waals surface area contributed by atoms with Gasteiger partial charge in [-0.3, -0.25) is 9.48 Å². The van der Waals surface area contributed by atoms with E-state index in [1.54, 1.807) is 4.68 Å². The number of nitrogens with one attached hydrogen (secondary N) is 1. The van der Waals surface area contributed by atoms with Crippen molar-refractivity contribution in [1.82, 2.24) is 9.78 Å². The van der Waals surface area contributed by atoms with Gasteiger partial charge in [0.2, 0.25) is 0 Å². The smallest absolute Gasteiger partial charge is 0.430 e. The highest BCUT2D eigenvalue weighted by molar-refractivity contribution is 5.98. The molecule has 0 unspecified atom stereocenters. The van der Waals surface area contributed by atoms with Gasteiger partial charge in [-0.05, 0) is 30.7 Å². The molecule has 15 heteroatoms. The number of rotatable bonds is 5. The molecule has 0 spiro atoms. The van der Waals surface area contributed by atoms with E-state index in [0.717, 1.165) is 49.0 Å². The van der Waals surface area contributed by atoms with Gasteiger partial charge in [0.15, 0.2) is 5.82 Å². The lowest BCUT2D eigenvalue weighted by molar-refractivity contribution is -0.969. The summed E-state index contributed by atoms with van der Waals surface area (Å²) < 4.78 is 72.6. The number of carbonyl (C=O) groups is 2. The van der Waals surface area contributed by atoms with Crippen molar-refractivity contribution in [3.8, 4) is 0 Å². The summed E-state index contributed by atoms with van der Waals surface area (Å²) in [6, 6.07) is 4.47. The number of halogens is 6. The van der Waals surface area contributed by atoms with Crippen molar-refractivity contribution in [2.45, 2.75) is 56.2 Å². The number of nitrogens with zero attached hydrogens (tertiary/aromatic N) is 4. The molecule has 1 aromatic heterocycles. The molecule has 4 rings (SSSR count). The summed E-state index contributed by atoms with van der Waals surface area (Å²) in [5.74, 6) is -3.53. The van der Waals surface area contributed by atoms with Gasteiger partial charge < -0.3 is 30.3 Å². The fourth-order valence-electron chi connectivity index (χ4n) is 4.86. The van der Waals surface area contributed by atoms with Crippen LogP contribution in [0.1, 0.15) is 47.6 Å². The van der Waals surface area contributed by atoms with Crippen molar-refractivity contribution in [1.29, 1.82) is 0 Å². The van der Waals surface area contributed by atoms with Crippen LogP contribution in [0.5, 0.6) is 0 Å². The maximum Gasteiger partial charge on any atom is 0.430 e. The first-order valence-electron chi connectivity index (χ1n) is 11.9. The molecule has 1 saturated heterocycles. The van der Waals surface area contributed by atoms with Gasteiger partial charge >= 0.3 is 12.4 Å². The number of quaternary nitrogens is 1. The zero-order valence-corrected chi connectivity index (χ0v) is 20.7. The number of hydrogen-bond acceptors (Lipinski definition) is 5. The molecular formula is C24H26F6N6O3.